The molecular formula is C11H15BrO4S. The highest BCUT2D eigenvalue weighted by Gasteiger charge is 2.18. The number of alkyl halides is 1. The second-order valence-corrected chi connectivity index (χ2v) is 6.64. The fourth-order valence-corrected chi connectivity index (χ4v) is 2.50. The molecule has 0 aliphatic carbocycles. The molecule has 0 saturated heterocycles. The molecule has 0 aliphatic rings. The Morgan fingerprint density at radius 1 is 1.24 bits per heavy atom. The van der Waals surface area contributed by atoms with Crippen LogP contribution in [0.1, 0.15) is 18.1 Å². The highest BCUT2D eigenvalue weighted by atomic mass is 79.9. The summed E-state index contributed by atoms with van der Waals surface area (Å²) in [4.78, 5) is 0.198. The van der Waals surface area contributed by atoms with Gasteiger partial charge in [0.1, 0.15) is 6.10 Å². The van der Waals surface area contributed by atoms with Crippen molar-refractivity contribution in [3.8, 4) is 0 Å². The third kappa shape index (κ3) is 4.06. The summed E-state index contributed by atoms with van der Waals surface area (Å²) in [5, 5.41) is 20.0. The molecule has 0 bridgehead atoms. The molecule has 17 heavy (non-hydrogen) atoms. The number of sulfone groups is 1. The van der Waals surface area contributed by atoms with Crippen molar-refractivity contribution >= 4 is 25.8 Å². The van der Waals surface area contributed by atoms with Crippen LogP contribution < -0.4 is 0 Å². The molecule has 96 valence electrons. The number of halogens is 1. The molecule has 0 fully saturated rings. The molecule has 1 aromatic carbocycles. The number of benzene rings is 1. The van der Waals surface area contributed by atoms with Crippen LogP contribution in [0.25, 0.3) is 0 Å². The minimum atomic E-state index is -3.23. The first-order chi connectivity index (χ1) is 7.86. The van der Waals surface area contributed by atoms with Gasteiger partial charge in [-0.1, -0.05) is 28.1 Å². The third-order valence-electron chi connectivity index (χ3n) is 2.42. The zero-order valence-corrected chi connectivity index (χ0v) is 11.8. The second-order valence-electron chi connectivity index (χ2n) is 3.83. The Hall–Kier alpha value is -0.430. The van der Waals surface area contributed by atoms with Gasteiger partial charge in [0.15, 0.2) is 9.84 Å². The van der Waals surface area contributed by atoms with Crippen molar-refractivity contribution in [1.82, 2.24) is 0 Å². The fraction of sp³-hybridized carbons (Fsp3) is 0.455. The van der Waals surface area contributed by atoms with E-state index in [0.29, 0.717) is 17.3 Å². The summed E-state index contributed by atoms with van der Waals surface area (Å²) >= 11 is 3.18. The Morgan fingerprint density at radius 2 is 1.76 bits per heavy atom. The van der Waals surface area contributed by atoms with E-state index in [1.165, 1.54) is 24.3 Å². The van der Waals surface area contributed by atoms with Gasteiger partial charge in [-0.05, 0) is 24.1 Å². The van der Waals surface area contributed by atoms with Crippen LogP contribution in [0.4, 0.5) is 0 Å². The normalized spacial score (nSPS) is 15.5. The maximum atomic E-state index is 11.2. The molecule has 0 spiro atoms. The maximum absolute atomic E-state index is 11.2. The first-order valence-electron chi connectivity index (χ1n) is 5.08. The van der Waals surface area contributed by atoms with Gasteiger partial charge in [-0.2, -0.15) is 0 Å². The molecule has 0 heterocycles. The zero-order valence-electron chi connectivity index (χ0n) is 9.38. The maximum Gasteiger partial charge on any atom is 0.175 e. The largest absolute Gasteiger partial charge is 0.390 e. The van der Waals surface area contributed by atoms with Crippen LogP contribution in [0.5, 0.6) is 0 Å². The van der Waals surface area contributed by atoms with Crippen molar-refractivity contribution < 1.29 is 18.6 Å². The van der Waals surface area contributed by atoms with Gasteiger partial charge < -0.3 is 10.2 Å². The second kappa shape index (κ2) is 5.95. The monoisotopic (exact) mass is 322 g/mol. The predicted molar refractivity (Wildman–Crippen MR) is 68.9 cm³/mol. The Morgan fingerprint density at radius 3 is 2.18 bits per heavy atom. The van der Waals surface area contributed by atoms with Crippen molar-refractivity contribution in [3.63, 3.8) is 0 Å². The number of hydrogen-bond acceptors (Lipinski definition) is 4. The van der Waals surface area contributed by atoms with E-state index in [4.69, 9.17) is 0 Å². The summed E-state index contributed by atoms with van der Waals surface area (Å²) in [5.74, 6) is 0. The molecule has 0 saturated carbocycles. The van der Waals surface area contributed by atoms with Crippen LogP contribution >= 0.6 is 15.9 Å². The Balaban J connectivity index is 2.88. The van der Waals surface area contributed by atoms with Gasteiger partial charge in [-0.25, -0.2) is 8.42 Å². The summed E-state index contributed by atoms with van der Waals surface area (Å²) in [7, 11) is -3.23. The van der Waals surface area contributed by atoms with Gasteiger partial charge in [-0.3, -0.25) is 0 Å². The minimum absolute atomic E-state index is 0.198. The van der Waals surface area contributed by atoms with Gasteiger partial charge in [0.25, 0.3) is 0 Å². The van der Waals surface area contributed by atoms with E-state index in [1.54, 1.807) is 0 Å². The molecule has 0 radical (unpaired) electrons. The number of hydrogen-bond donors (Lipinski definition) is 2. The highest BCUT2D eigenvalue weighted by Crippen LogP contribution is 2.21. The topological polar surface area (TPSA) is 74.6 Å². The van der Waals surface area contributed by atoms with Crippen molar-refractivity contribution in [2.24, 2.45) is 0 Å². The molecule has 0 aliphatic heterocycles. The molecule has 1 rings (SSSR count). The number of rotatable bonds is 5. The van der Waals surface area contributed by atoms with Crippen LogP contribution in [-0.4, -0.2) is 36.3 Å². The minimum Gasteiger partial charge on any atom is -0.390 e. The van der Waals surface area contributed by atoms with Crippen molar-refractivity contribution in [1.29, 1.82) is 0 Å². The van der Waals surface area contributed by atoms with Crippen LogP contribution in [0.3, 0.4) is 0 Å². The molecule has 4 nitrogen and oxygen atoms in total. The van der Waals surface area contributed by atoms with Crippen molar-refractivity contribution in [2.45, 2.75) is 23.5 Å². The lowest BCUT2D eigenvalue weighted by Crippen LogP contribution is -2.18. The van der Waals surface area contributed by atoms with Crippen LogP contribution in [-0.2, 0) is 9.84 Å². The van der Waals surface area contributed by atoms with E-state index >= 15 is 0 Å². The summed E-state index contributed by atoms with van der Waals surface area (Å²) in [5.41, 5.74) is 0.505. The van der Waals surface area contributed by atoms with Gasteiger partial charge in [0.05, 0.1) is 11.0 Å². The van der Waals surface area contributed by atoms with Gasteiger partial charge >= 0.3 is 0 Å². The van der Waals surface area contributed by atoms with Crippen LogP contribution in [0, 0.1) is 0 Å². The van der Waals surface area contributed by atoms with Crippen molar-refractivity contribution in [2.75, 3.05) is 11.6 Å². The first kappa shape index (κ1) is 14.6. The van der Waals surface area contributed by atoms with Gasteiger partial charge in [0.2, 0.25) is 0 Å². The smallest absolute Gasteiger partial charge is 0.175 e. The van der Waals surface area contributed by atoms with E-state index in [9.17, 15) is 18.6 Å². The first-order valence-corrected chi connectivity index (χ1v) is 8.09. The lowest BCUT2D eigenvalue weighted by molar-refractivity contribution is 0.0173. The Bertz CT molecular complexity index is 455. The highest BCUT2D eigenvalue weighted by molar-refractivity contribution is 9.09. The molecule has 2 atom stereocenters. The van der Waals surface area contributed by atoms with E-state index in [0.717, 1.165) is 6.26 Å². The van der Waals surface area contributed by atoms with Crippen LogP contribution in [0.2, 0.25) is 0 Å². The van der Waals surface area contributed by atoms with E-state index in [1.807, 2.05) is 0 Å². The molecule has 2 unspecified atom stereocenters. The molecule has 1 aromatic rings. The SMILES string of the molecule is CS(=O)(=O)c1ccc(C(O)C(O)CCBr)cc1. The molecule has 6 heteroatoms. The average Bonchev–Trinajstić information content (AvgIpc) is 2.27. The van der Waals surface area contributed by atoms with Crippen LogP contribution in [0.15, 0.2) is 29.2 Å². The summed E-state index contributed by atoms with van der Waals surface area (Å²) < 4.78 is 22.5. The summed E-state index contributed by atoms with van der Waals surface area (Å²) in [6.45, 7) is 0. The van der Waals surface area contributed by atoms with E-state index in [2.05, 4.69) is 15.9 Å². The lowest BCUT2D eigenvalue weighted by atomic mass is 10.0. The zero-order chi connectivity index (χ0) is 13.1. The quantitative estimate of drug-likeness (QED) is 0.800. The molecule has 0 amide bonds. The average molecular weight is 323 g/mol. The fourth-order valence-electron chi connectivity index (χ4n) is 1.40. The summed E-state index contributed by atoms with van der Waals surface area (Å²) in [6.07, 6.45) is -0.313. The Kier molecular flexibility index (Phi) is 5.12. The summed E-state index contributed by atoms with van der Waals surface area (Å²) in [6, 6.07) is 5.88. The van der Waals surface area contributed by atoms with E-state index in [-0.39, 0.29) is 4.90 Å². The van der Waals surface area contributed by atoms with E-state index < -0.39 is 22.0 Å². The number of aliphatic hydroxyl groups is 2. The van der Waals surface area contributed by atoms with Gasteiger partial charge in [-0.15, -0.1) is 0 Å². The standard InChI is InChI=1S/C11H15BrO4S/c1-17(15,16)9-4-2-8(3-5-9)11(14)10(13)6-7-12/h2-5,10-11,13-14H,6-7H2,1H3. The molecule has 0 aromatic heterocycles. The molecule has 2 N–H and O–H groups in total. The predicted octanol–water partition coefficient (Wildman–Crippen LogP) is 1.27. The molecular weight excluding hydrogens is 308 g/mol. The third-order valence-corrected chi connectivity index (χ3v) is 4.01. The number of aliphatic hydroxyl groups excluding tert-OH is 2. The van der Waals surface area contributed by atoms with Gasteiger partial charge in [0, 0.05) is 11.6 Å². The van der Waals surface area contributed by atoms with Crippen molar-refractivity contribution in [3.05, 3.63) is 29.8 Å². The lowest BCUT2D eigenvalue weighted by Gasteiger charge is -2.17. The Labute approximate surface area is 109 Å².